The van der Waals surface area contributed by atoms with Crippen LogP contribution in [0.2, 0.25) is 0 Å². The molecule has 3 rings (SSSR count). The fourth-order valence-corrected chi connectivity index (χ4v) is 3.76. The second kappa shape index (κ2) is 8.76. The summed E-state index contributed by atoms with van der Waals surface area (Å²) in [7, 11) is 4.69. The van der Waals surface area contributed by atoms with Gasteiger partial charge >= 0.3 is 5.63 Å². The van der Waals surface area contributed by atoms with E-state index in [0.29, 0.717) is 39.0 Å². The summed E-state index contributed by atoms with van der Waals surface area (Å²) in [5.74, 6) is 2.16. The SMILES string of the molecule is COc1ccc(-c2oc(=O)c(C#N)c(SC)c2-c2ccc(OC)c(OC)c2)cc1. The Morgan fingerprint density at radius 1 is 0.931 bits per heavy atom. The summed E-state index contributed by atoms with van der Waals surface area (Å²) in [6.07, 6.45) is 1.82. The highest BCUT2D eigenvalue weighted by atomic mass is 32.2. The van der Waals surface area contributed by atoms with Crippen LogP contribution in [0.25, 0.3) is 22.5 Å². The summed E-state index contributed by atoms with van der Waals surface area (Å²) >= 11 is 1.32. The van der Waals surface area contributed by atoms with Gasteiger partial charge < -0.3 is 18.6 Å². The van der Waals surface area contributed by atoms with Gasteiger partial charge in [0.1, 0.15) is 17.6 Å². The van der Waals surface area contributed by atoms with Gasteiger partial charge in [0.05, 0.1) is 21.3 Å². The van der Waals surface area contributed by atoms with Crippen molar-refractivity contribution in [3.05, 3.63) is 58.4 Å². The number of rotatable bonds is 6. The van der Waals surface area contributed by atoms with Gasteiger partial charge in [-0.3, -0.25) is 0 Å². The Kier molecular flexibility index (Phi) is 6.15. The lowest BCUT2D eigenvalue weighted by Crippen LogP contribution is -2.09. The number of nitriles is 1. The molecule has 7 heteroatoms. The number of hydrogen-bond donors (Lipinski definition) is 0. The van der Waals surface area contributed by atoms with Gasteiger partial charge in [0.15, 0.2) is 17.1 Å². The van der Waals surface area contributed by atoms with Crippen LogP contribution in [0.5, 0.6) is 17.2 Å². The molecule has 1 heterocycles. The molecule has 0 unspecified atom stereocenters. The molecule has 1 aromatic heterocycles. The number of nitrogens with zero attached hydrogens (tertiary/aromatic N) is 1. The first-order valence-electron chi connectivity index (χ1n) is 8.59. The molecule has 0 amide bonds. The second-order valence-electron chi connectivity index (χ2n) is 5.91. The van der Waals surface area contributed by atoms with Crippen LogP contribution in [0, 0.1) is 11.3 Å². The molecular formula is C22H19NO5S. The third-order valence-corrected chi connectivity index (χ3v) is 5.24. The Morgan fingerprint density at radius 3 is 2.14 bits per heavy atom. The van der Waals surface area contributed by atoms with E-state index in [1.165, 1.54) is 11.8 Å². The highest BCUT2D eigenvalue weighted by Crippen LogP contribution is 2.42. The standard InChI is InChI=1S/C22H19NO5S/c1-25-15-8-5-13(6-9-15)20-19(21(29-4)16(12-23)22(24)28-20)14-7-10-17(26-2)18(11-14)27-3/h5-11H,1-4H3. The molecule has 0 aliphatic heterocycles. The van der Waals surface area contributed by atoms with Crippen molar-refractivity contribution >= 4 is 11.8 Å². The third-order valence-electron chi connectivity index (χ3n) is 4.42. The van der Waals surface area contributed by atoms with Crippen molar-refractivity contribution in [2.45, 2.75) is 4.90 Å². The maximum atomic E-state index is 12.5. The van der Waals surface area contributed by atoms with Crippen molar-refractivity contribution in [1.29, 1.82) is 5.26 Å². The van der Waals surface area contributed by atoms with Crippen LogP contribution in [0.1, 0.15) is 5.56 Å². The molecule has 0 aliphatic carbocycles. The summed E-state index contributed by atoms with van der Waals surface area (Å²) in [6, 6.07) is 14.5. The molecule has 0 radical (unpaired) electrons. The normalized spacial score (nSPS) is 10.3. The third kappa shape index (κ3) is 3.80. The summed E-state index contributed by atoms with van der Waals surface area (Å²) < 4.78 is 21.6. The topological polar surface area (TPSA) is 81.7 Å². The highest BCUT2D eigenvalue weighted by molar-refractivity contribution is 7.98. The molecule has 0 fully saturated rings. The van der Waals surface area contributed by atoms with Gasteiger partial charge in [-0.2, -0.15) is 5.26 Å². The fourth-order valence-electron chi connectivity index (χ4n) is 3.02. The summed E-state index contributed by atoms with van der Waals surface area (Å²) in [5.41, 5.74) is 1.36. The van der Waals surface area contributed by atoms with Crippen LogP contribution in [0.3, 0.4) is 0 Å². The Bertz CT molecular complexity index is 1130. The van der Waals surface area contributed by atoms with Crippen molar-refractivity contribution in [2.24, 2.45) is 0 Å². The lowest BCUT2D eigenvalue weighted by molar-refractivity contribution is 0.355. The average molecular weight is 409 g/mol. The van der Waals surface area contributed by atoms with Gasteiger partial charge in [0.2, 0.25) is 0 Å². The predicted molar refractivity (Wildman–Crippen MR) is 112 cm³/mol. The van der Waals surface area contributed by atoms with Crippen LogP contribution >= 0.6 is 11.8 Å². The van der Waals surface area contributed by atoms with Crippen molar-refractivity contribution in [1.82, 2.24) is 0 Å². The molecule has 0 spiro atoms. The second-order valence-corrected chi connectivity index (χ2v) is 6.73. The molecular weight excluding hydrogens is 390 g/mol. The minimum absolute atomic E-state index is 0.0282. The van der Waals surface area contributed by atoms with Crippen LogP contribution in [0.4, 0.5) is 0 Å². The first-order valence-corrected chi connectivity index (χ1v) is 9.82. The zero-order chi connectivity index (χ0) is 21.0. The van der Waals surface area contributed by atoms with Crippen LogP contribution in [0.15, 0.2) is 56.6 Å². The summed E-state index contributed by atoms with van der Waals surface area (Å²) in [5, 5.41) is 9.53. The van der Waals surface area contributed by atoms with Crippen molar-refractivity contribution < 1.29 is 18.6 Å². The number of hydrogen-bond acceptors (Lipinski definition) is 7. The van der Waals surface area contributed by atoms with Gasteiger partial charge in [0, 0.05) is 16.0 Å². The lowest BCUT2D eigenvalue weighted by Gasteiger charge is -2.16. The molecule has 2 aromatic carbocycles. The number of thioether (sulfide) groups is 1. The summed E-state index contributed by atoms with van der Waals surface area (Å²) in [6.45, 7) is 0. The minimum atomic E-state index is -0.674. The molecule has 0 bridgehead atoms. The van der Waals surface area contributed by atoms with Gasteiger partial charge in [-0.1, -0.05) is 6.07 Å². The zero-order valence-corrected chi connectivity index (χ0v) is 17.3. The van der Waals surface area contributed by atoms with E-state index in [4.69, 9.17) is 18.6 Å². The van der Waals surface area contributed by atoms with Gasteiger partial charge in [-0.25, -0.2) is 4.79 Å². The first kappa shape index (κ1) is 20.4. The molecule has 29 heavy (non-hydrogen) atoms. The van der Waals surface area contributed by atoms with Crippen molar-refractivity contribution in [3.8, 4) is 45.8 Å². The van der Waals surface area contributed by atoms with Gasteiger partial charge in [-0.15, -0.1) is 11.8 Å². The van der Waals surface area contributed by atoms with Crippen LogP contribution in [-0.4, -0.2) is 27.6 Å². The van der Waals surface area contributed by atoms with E-state index >= 15 is 0 Å². The quantitative estimate of drug-likeness (QED) is 0.551. The first-order chi connectivity index (χ1) is 14.1. The zero-order valence-electron chi connectivity index (χ0n) is 16.4. The Morgan fingerprint density at radius 2 is 1.59 bits per heavy atom. The smallest absolute Gasteiger partial charge is 0.355 e. The van der Waals surface area contributed by atoms with E-state index in [1.807, 2.05) is 18.4 Å². The maximum Gasteiger partial charge on any atom is 0.355 e. The fraction of sp³-hybridized carbons (Fsp3) is 0.182. The molecule has 0 aliphatic rings. The largest absolute Gasteiger partial charge is 0.497 e. The van der Waals surface area contributed by atoms with E-state index < -0.39 is 5.63 Å². The predicted octanol–water partition coefficient (Wildman–Crippen LogP) is 4.59. The van der Waals surface area contributed by atoms with Crippen LogP contribution < -0.4 is 19.8 Å². The molecule has 148 valence electrons. The highest BCUT2D eigenvalue weighted by Gasteiger charge is 2.23. The monoisotopic (exact) mass is 409 g/mol. The number of methoxy groups -OCH3 is 3. The molecule has 0 saturated heterocycles. The van der Waals surface area contributed by atoms with Crippen LogP contribution in [-0.2, 0) is 0 Å². The van der Waals surface area contributed by atoms with E-state index in [0.717, 1.165) is 5.56 Å². The maximum absolute atomic E-state index is 12.5. The average Bonchev–Trinajstić information content (AvgIpc) is 2.77. The summed E-state index contributed by atoms with van der Waals surface area (Å²) in [4.78, 5) is 13.0. The number of benzene rings is 2. The number of ether oxygens (including phenoxy) is 3. The van der Waals surface area contributed by atoms with E-state index in [-0.39, 0.29) is 5.56 Å². The van der Waals surface area contributed by atoms with Crippen molar-refractivity contribution in [2.75, 3.05) is 27.6 Å². The van der Waals surface area contributed by atoms with Gasteiger partial charge in [-0.05, 0) is 48.2 Å². The van der Waals surface area contributed by atoms with Gasteiger partial charge in [0.25, 0.3) is 0 Å². The lowest BCUT2D eigenvalue weighted by atomic mass is 9.98. The molecule has 0 N–H and O–H groups in total. The van der Waals surface area contributed by atoms with E-state index in [2.05, 4.69) is 0 Å². The van der Waals surface area contributed by atoms with Crippen molar-refractivity contribution in [3.63, 3.8) is 0 Å². The minimum Gasteiger partial charge on any atom is -0.497 e. The Labute approximate surface area is 172 Å². The Hall–Kier alpha value is -3.37. The van der Waals surface area contributed by atoms with E-state index in [1.54, 1.807) is 57.7 Å². The Balaban J connectivity index is 2.36. The molecule has 3 aromatic rings. The molecule has 6 nitrogen and oxygen atoms in total. The molecule has 0 atom stereocenters. The molecule has 0 saturated carbocycles. The van der Waals surface area contributed by atoms with E-state index in [9.17, 15) is 10.1 Å².